The first-order chi connectivity index (χ1) is 11.2. The maximum Gasteiger partial charge on any atom is 0.343 e. The van der Waals surface area contributed by atoms with Gasteiger partial charge in [-0.1, -0.05) is 24.3 Å². The number of hydrogen-bond acceptors (Lipinski definition) is 5. The van der Waals surface area contributed by atoms with Gasteiger partial charge in [0.2, 0.25) is 5.91 Å². The molecular weight excluding hydrogens is 296 g/mol. The number of carbonyl (C=O) groups is 2. The Morgan fingerprint density at radius 1 is 1.09 bits per heavy atom. The molecule has 0 fully saturated rings. The van der Waals surface area contributed by atoms with Gasteiger partial charge in [0, 0.05) is 29.4 Å². The molecule has 6 heteroatoms. The molecule has 0 bridgehead atoms. The zero-order valence-corrected chi connectivity index (χ0v) is 13.2. The number of amides is 1. The third kappa shape index (κ3) is 4.43. The first-order valence-corrected chi connectivity index (χ1v) is 7.31. The first kappa shape index (κ1) is 16.8. The van der Waals surface area contributed by atoms with E-state index in [-0.39, 0.29) is 12.5 Å². The van der Waals surface area contributed by atoms with Crippen LogP contribution in [0, 0.1) is 0 Å². The number of hydrogen-bond donors (Lipinski definition) is 2. The van der Waals surface area contributed by atoms with E-state index >= 15 is 0 Å². The Labute approximate surface area is 134 Å². The SMILES string of the molecule is CNCCC(=O)Nc1ccc(OCC(=O)OC)c2ccccc12. The molecule has 23 heavy (non-hydrogen) atoms. The van der Waals surface area contributed by atoms with Crippen LogP contribution in [0.2, 0.25) is 0 Å². The van der Waals surface area contributed by atoms with E-state index in [1.165, 1.54) is 7.11 Å². The van der Waals surface area contributed by atoms with Crippen molar-refractivity contribution in [2.75, 3.05) is 32.6 Å². The summed E-state index contributed by atoms with van der Waals surface area (Å²) in [6.45, 7) is 0.457. The van der Waals surface area contributed by atoms with Crippen molar-refractivity contribution < 1.29 is 19.1 Å². The number of esters is 1. The molecular formula is C17H20N2O4. The zero-order chi connectivity index (χ0) is 16.7. The van der Waals surface area contributed by atoms with Crippen molar-refractivity contribution in [1.82, 2.24) is 5.32 Å². The maximum atomic E-state index is 11.9. The second kappa shape index (κ2) is 8.14. The van der Waals surface area contributed by atoms with Crippen LogP contribution >= 0.6 is 0 Å². The van der Waals surface area contributed by atoms with Crippen LogP contribution in [0.4, 0.5) is 5.69 Å². The summed E-state index contributed by atoms with van der Waals surface area (Å²) in [4.78, 5) is 23.1. The van der Waals surface area contributed by atoms with Crippen LogP contribution in [-0.2, 0) is 14.3 Å². The summed E-state index contributed by atoms with van der Waals surface area (Å²) in [7, 11) is 3.11. The fourth-order valence-corrected chi connectivity index (χ4v) is 2.15. The van der Waals surface area contributed by atoms with Gasteiger partial charge in [-0.2, -0.15) is 0 Å². The van der Waals surface area contributed by atoms with Crippen LogP contribution in [0.15, 0.2) is 36.4 Å². The van der Waals surface area contributed by atoms with Gasteiger partial charge in [0.25, 0.3) is 0 Å². The molecule has 122 valence electrons. The smallest absolute Gasteiger partial charge is 0.343 e. The summed E-state index contributed by atoms with van der Waals surface area (Å²) in [5.41, 5.74) is 0.715. The highest BCUT2D eigenvalue weighted by atomic mass is 16.6. The van der Waals surface area contributed by atoms with E-state index < -0.39 is 5.97 Å². The van der Waals surface area contributed by atoms with Crippen molar-refractivity contribution in [3.05, 3.63) is 36.4 Å². The highest BCUT2D eigenvalue weighted by Crippen LogP contribution is 2.31. The summed E-state index contributed by atoms with van der Waals surface area (Å²) >= 11 is 0. The molecule has 2 rings (SSSR count). The largest absolute Gasteiger partial charge is 0.481 e. The van der Waals surface area contributed by atoms with Crippen molar-refractivity contribution in [2.45, 2.75) is 6.42 Å². The Bertz CT molecular complexity index is 700. The van der Waals surface area contributed by atoms with Crippen LogP contribution in [-0.4, -0.2) is 39.2 Å². The van der Waals surface area contributed by atoms with Crippen LogP contribution in [0.1, 0.15) is 6.42 Å². The van der Waals surface area contributed by atoms with Gasteiger partial charge in [0.15, 0.2) is 6.61 Å². The predicted molar refractivity (Wildman–Crippen MR) is 88.6 cm³/mol. The fourth-order valence-electron chi connectivity index (χ4n) is 2.15. The summed E-state index contributed by atoms with van der Waals surface area (Å²) in [5, 5.41) is 7.51. The quantitative estimate of drug-likeness (QED) is 0.763. The number of benzene rings is 2. The summed E-state index contributed by atoms with van der Waals surface area (Å²) < 4.78 is 10.1. The number of rotatable bonds is 7. The van der Waals surface area contributed by atoms with E-state index in [1.807, 2.05) is 24.3 Å². The minimum absolute atomic E-state index is 0.0623. The Morgan fingerprint density at radius 2 is 1.83 bits per heavy atom. The van der Waals surface area contributed by atoms with Crippen LogP contribution in [0.25, 0.3) is 10.8 Å². The summed E-state index contributed by atoms with van der Waals surface area (Å²) in [6.07, 6.45) is 0.394. The lowest BCUT2D eigenvalue weighted by Gasteiger charge is -2.13. The van der Waals surface area contributed by atoms with Gasteiger partial charge in [0.1, 0.15) is 5.75 Å². The molecule has 0 saturated heterocycles. The molecule has 2 N–H and O–H groups in total. The zero-order valence-electron chi connectivity index (χ0n) is 13.2. The lowest BCUT2D eigenvalue weighted by Crippen LogP contribution is -2.19. The molecule has 0 heterocycles. The van der Waals surface area contributed by atoms with E-state index in [1.54, 1.807) is 19.2 Å². The Balaban J connectivity index is 2.24. The standard InChI is InChI=1S/C17H20N2O4/c1-18-10-9-16(20)19-14-7-8-15(23-11-17(21)22-2)13-6-4-3-5-12(13)14/h3-8,18H,9-11H2,1-2H3,(H,19,20). The molecule has 0 aliphatic rings. The van der Waals surface area contributed by atoms with Crippen molar-refractivity contribution in [2.24, 2.45) is 0 Å². The van der Waals surface area contributed by atoms with Crippen LogP contribution in [0.5, 0.6) is 5.75 Å². The van der Waals surface area contributed by atoms with E-state index in [4.69, 9.17) is 4.74 Å². The third-order valence-electron chi connectivity index (χ3n) is 3.33. The van der Waals surface area contributed by atoms with E-state index in [9.17, 15) is 9.59 Å². The first-order valence-electron chi connectivity index (χ1n) is 7.31. The molecule has 0 unspecified atom stereocenters. The average molecular weight is 316 g/mol. The molecule has 0 aliphatic heterocycles. The summed E-state index contributed by atoms with van der Waals surface area (Å²) in [6, 6.07) is 11.0. The van der Waals surface area contributed by atoms with Gasteiger partial charge in [-0.25, -0.2) is 4.79 Å². The van der Waals surface area contributed by atoms with Gasteiger partial charge in [-0.3, -0.25) is 4.79 Å². The fraction of sp³-hybridized carbons (Fsp3) is 0.294. The maximum absolute atomic E-state index is 11.9. The number of anilines is 1. The molecule has 0 atom stereocenters. The van der Waals surface area contributed by atoms with Crippen LogP contribution in [0.3, 0.4) is 0 Å². The molecule has 0 saturated carbocycles. The van der Waals surface area contributed by atoms with E-state index in [0.29, 0.717) is 24.4 Å². The normalized spacial score (nSPS) is 10.3. The van der Waals surface area contributed by atoms with E-state index in [0.717, 1.165) is 10.8 Å². The van der Waals surface area contributed by atoms with Crippen molar-refractivity contribution in [1.29, 1.82) is 0 Å². The monoisotopic (exact) mass is 316 g/mol. The molecule has 2 aromatic rings. The average Bonchev–Trinajstić information content (AvgIpc) is 2.59. The minimum Gasteiger partial charge on any atom is -0.481 e. The molecule has 0 aromatic heterocycles. The topological polar surface area (TPSA) is 76.7 Å². The second-order valence-corrected chi connectivity index (χ2v) is 4.92. The van der Waals surface area contributed by atoms with Crippen molar-refractivity contribution in [3.63, 3.8) is 0 Å². The number of carbonyl (C=O) groups excluding carboxylic acids is 2. The van der Waals surface area contributed by atoms with Gasteiger partial charge in [-0.05, 0) is 19.2 Å². The molecule has 0 spiro atoms. The molecule has 2 aromatic carbocycles. The number of ether oxygens (including phenoxy) is 2. The van der Waals surface area contributed by atoms with Gasteiger partial charge >= 0.3 is 5.97 Å². The highest BCUT2D eigenvalue weighted by Gasteiger charge is 2.10. The van der Waals surface area contributed by atoms with E-state index in [2.05, 4.69) is 15.4 Å². The molecule has 0 aliphatic carbocycles. The minimum atomic E-state index is -0.446. The molecule has 1 amide bonds. The van der Waals surface area contributed by atoms with Crippen molar-refractivity contribution >= 4 is 28.3 Å². The third-order valence-corrected chi connectivity index (χ3v) is 3.33. The predicted octanol–water partition coefficient (Wildman–Crippen LogP) is 1.94. The second-order valence-electron chi connectivity index (χ2n) is 4.92. The van der Waals surface area contributed by atoms with Gasteiger partial charge in [-0.15, -0.1) is 0 Å². The molecule has 0 radical (unpaired) electrons. The van der Waals surface area contributed by atoms with Crippen molar-refractivity contribution in [3.8, 4) is 5.75 Å². The Kier molecular flexibility index (Phi) is 5.94. The lowest BCUT2D eigenvalue weighted by molar-refractivity contribution is -0.142. The number of nitrogens with one attached hydrogen (secondary N) is 2. The Morgan fingerprint density at radius 3 is 2.52 bits per heavy atom. The van der Waals surface area contributed by atoms with Gasteiger partial charge < -0.3 is 20.1 Å². The Hall–Kier alpha value is -2.60. The lowest BCUT2D eigenvalue weighted by atomic mass is 10.1. The number of fused-ring (bicyclic) bond motifs is 1. The van der Waals surface area contributed by atoms with Gasteiger partial charge in [0.05, 0.1) is 7.11 Å². The van der Waals surface area contributed by atoms with Crippen LogP contribution < -0.4 is 15.4 Å². The highest BCUT2D eigenvalue weighted by molar-refractivity contribution is 6.04. The molecule has 6 nitrogen and oxygen atoms in total. The number of methoxy groups -OCH3 is 1. The summed E-state index contributed by atoms with van der Waals surface area (Å²) in [5.74, 6) is 0.0606.